The molecule has 31 heavy (non-hydrogen) atoms. The Bertz CT molecular complexity index is 1220. The van der Waals surface area contributed by atoms with E-state index in [4.69, 9.17) is 0 Å². The number of alkyl halides is 3. The highest BCUT2D eigenvalue weighted by atomic mass is 79.9. The largest absolute Gasteiger partial charge is 0.417 e. The van der Waals surface area contributed by atoms with Crippen LogP contribution in [0.1, 0.15) is 31.5 Å². The highest BCUT2D eigenvalue weighted by Gasteiger charge is 2.56. The van der Waals surface area contributed by atoms with Gasteiger partial charge in [-0.1, -0.05) is 41.9 Å². The van der Waals surface area contributed by atoms with Gasteiger partial charge in [0.25, 0.3) is 0 Å². The number of fused-ring (bicyclic) bond motifs is 1. The zero-order valence-corrected chi connectivity index (χ0v) is 19.5. The molecule has 10 heteroatoms. The minimum absolute atomic E-state index is 0.109. The number of hydrogen-bond acceptors (Lipinski definition) is 4. The van der Waals surface area contributed by atoms with Gasteiger partial charge in [-0.25, -0.2) is 13.4 Å². The van der Waals surface area contributed by atoms with Crippen LogP contribution in [-0.4, -0.2) is 41.5 Å². The molecular weight excluding hydrogens is 497 g/mol. The molecule has 3 rings (SSSR count). The van der Waals surface area contributed by atoms with Crippen LogP contribution in [0, 0.1) is 0 Å². The Balaban J connectivity index is 1.97. The van der Waals surface area contributed by atoms with Crippen molar-refractivity contribution in [1.29, 1.82) is 0 Å². The lowest BCUT2D eigenvalue weighted by Gasteiger charge is -2.38. The van der Waals surface area contributed by atoms with Crippen LogP contribution in [0.4, 0.5) is 13.2 Å². The Morgan fingerprint density at radius 3 is 2.39 bits per heavy atom. The molecule has 0 unspecified atom stereocenters. The van der Waals surface area contributed by atoms with Gasteiger partial charge < -0.3 is 10.1 Å². The molecule has 1 aromatic carbocycles. The lowest BCUT2D eigenvalue weighted by atomic mass is 9.73. The highest BCUT2D eigenvalue weighted by molar-refractivity contribution is 9.10. The third kappa shape index (κ3) is 5.12. The molecule has 2 heterocycles. The monoisotopic (exact) mass is 518 g/mol. The summed E-state index contributed by atoms with van der Waals surface area (Å²) in [5.41, 5.74) is -2.63. The van der Waals surface area contributed by atoms with Gasteiger partial charge in [0.15, 0.2) is 20.5 Å². The minimum atomic E-state index is -4.89. The first-order valence-corrected chi connectivity index (χ1v) is 12.0. The van der Waals surface area contributed by atoms with Gasteiger partial charge in [0.2, 0.25) is 0 Å². The van der Waals surface area contributed by atoms with Gasteiger partial charge >= 0.3 is 6.18 Å². The molecule has 0 radical (unpaired) electrons. The number of nitrogens with zero attached hydrogens (tertiary/aromatic N) is 1. The fourth-order valence-corrected chi connectivity index (χ4v) is 4.65. The number of sulfone groups is 1. The van der Waals surface area contributed by atoms with Gasteiger partial charge in [0.05, 0.1) is 11.0 Å². The van der Waals surface area contributed by atoms with Crippen LogP contribution < -0.4 is 0 Å². The lowest BCUT2D eigenvalue weighted by Crippen LogP contribution is -2.50. The number of nitrogens with one attached hydrogen (secondary N) is 1. The lowest BCUT2D eigenvalue weighted by molar-refractivity contribution is -0.266. The summed E-state index contributed by atoms with van der Waals surface area (Å²) in [7, 11) is -3.56. The number of H-pyrrole nitrogens is 1. The number of aromatic amines is 1. The summed E-state index contributed by atoms with van der Waals surface area (Å²) in [6.45, 7) is 3.30. The van der Waals surface area contributed by atoms with Crippen LogP contribution in [0.25, 0.3) is 11.0 Å². The highest BCUT2D eigenvalue weighted by Crippen LogP contribution is 2.43. The molecule has 0 aliphatic carbocycles. The zero-order chi connectivity index (χ0) is 23.2. The molecule has 0 bridgehead atoms. The second-order valence-corrected chi connectivity index (χ2v) is 11.3. The number of aromatic nitrogens is 2. The average Bonchev–Trinajstić information content (AvgIpc) is 3.00. The topological polar surface area (TPSA) is 83.1 Å². The van der Waals surface area contributed by atoms with Crippen molar-refractivity contribution in [1.82, 2.24) is 9.97 Å². The molecule has 0 fully saturated rings. The summed E-state index contributed by atoms with van der Waals surface area (Å²) in [6.07, 6.45) is -5.18. The molecule has 0 saturated heterocycles. The third-order valence-electron chi connectivity index (χ3n) is 5.24. The Morgan fingerprint density at radius 2 is 1.81 bits per heavy atom. The summed E-state index contributed by atoms with van der Waals surface area (Å²) >= 11 is 3.33. The summed E-state index contributed by atoms with van der Waals surface area (Å²) in [4.78, 5) is 6.82. The maximum absolute atomic E-state index is 14.0. The molecule has 168 valence electrons. The van der Waals surface area contributed by atoms with Gasteiger partial charge in [0, 0.05) is 22.8 Å². The van der Waals surface area contributed by atoms with Gasteiger partial charge in [-0.2, -0.15) is 13.2 Å². The smallest absolute Gasteiger partial charge is 0.380 e. The fraction of sp³-hybridized carbons (Fsp3) is 0.381. The standard InChI is InChI=1S/C21H22BrF3N2O3S/c1-19(2,13-5-4-6-14(22)9-13)12-20(28,21(23,24)25)11-15-10-17-16(26-15)7-8-18(27-17)31(3,29)30/h4-10,26,28H,11-12H2,1-3H3/t20-/m0/s1. The van der Waals surface area contributed by atoms with E-state index in [2.05, 4.69) is 25.9 Å². The predicted octanol–water partition coefficient (Wildman–Crippen LogP) is 4.93. The Kier molecular flexibility index (Phi) is 6.05. The van der Waals surface area contributed by atoms with Crippen molar-refractivity contribution >= 4 is 36.8 Å². The molecule has 0 saturated carbocycles. The van der Waals surface area contributed by atoms with Crippen LogP contribution >= 0.6 is 15.9 Å². The normalized spacial score (nSPS) is 15.2. The average molecular weight is 519 g/mol. The molecule has 1 atom stereocenters. The number of hydrogen-bond donors (Lipinski definition) is 2. The van der Waals surface area contributed by atoms with Crippen molar-refractivity contribution in [2.24, 2.45) is 0 Å². The van der Waals surface area contributed by atoms with Crippen LogP contribution in [0.15, 0.2) is 52.0 Å². The van der Waals surface area contributed by atoms with E-state index in [-0.39, 0.29) is 16.2 Å². The number of pyridine rings is 1. The van der Waals surface area contributed by atoms with Gasteiger partial charge in [0.1, 0.15) is 0 Å². The van der Waals surface area contributed by atoms with Gasteiger partial charge in [-0.15, -0.1) is 0 Å². The quantitative estimate of drug-likeness (QED) is 0.484. The van der Waals surface area contributed by atoms with E-state index in [1.54, 1.807) is 38.1 Å². The first-order chi connectivity index (χ1) is 14.1. The molecule has 2 aromatic heterocycles. The van der Waals surface area contributed by atoms with Crippen molar-refractivity contribution in [2.45, 2.75) is 48.9 Å². The number of rotatable bonds is 6. The van der Waals surface area contributed by atoms with Crippen molar-refractivity contribution in [3.8, 4) is 0 Å². The number of benzene rings is 1. The van der Waals surface area contributed by atoms with Gasteiger partial charge in [-0.05, 0) is 47.7 Å². The van der Waals surface area contributed by atoms with Crippen LogP contribution in [0.5, 0.6) is 0 Å². The van der Waals surface area contributed by atoms with Crippen LogP contribution in [-0.2, 0) is 21.7 Å². The Labute approximate surface area is 186 Å². The first kappa shape index (κ1) is 23.7. The van der Waals surface area contributed by atoms with Crippen molar-refractivity contribution in [3.05, 3.63) is 58.2 Å². The van der Waals surface area contributed by atoms with Gasteiger partial charge in [-0.3, -0.25) is 0 Å². The Hall–Kier alpha value is -1.91. The Morgan fingerprint density at radius 1 is 1.13 bits per heavy atom. The summed E-state index contributed by atoms with van der Waals surface area (Å²) < 4.78 is 66.2. The first-order valence-electron chi connectivity index (χ1n) is 9.35. The van der Waals surface area contributed by atoms with E-state index in [1.807, 2.05) is 0 Å². The van der Waals surface area contributed by atoms with Crippen molar-refractivity contribution < 1.29 is 26.7 Å². The molecule has 0 aliphatic heterocycles. The number of halogens is 4. The van der Waals surface area contributed by atoms with E-state index in [0.717, 1.165) is 10.7 Å². The van der Waals surface area contributed by atoms with E-state index in [1.165, 1.54) is 18.2 Å². The van der Waals surface area contributed by atoms with E-state index < -0.39 is 39.9 Å². The second-order valence-electron chi connectivity index (χ2n) is 8.43. The van der Waals surface area contributed by atoms with Crippen LogP contribution in [0.2, 0.25) is 0 Å². The summed E-state index contributed by atoms with van der Waals surface area (Å²) in [5.74, 6) is 0. The van der Waals surface area contributed by atoms with E-state index >= 15 is 0 Å². The predicted molar refractivity (Wildman–Crippen MR) is 116 cm³/mol. The number of aliphatic hydroxyl groups is 1. The van der Waals surface area contributed by atoms with E-state index in [9.17, 15) is 26.7 Å². The molecule has 5 nitrogen and oxygen atoms in total. The zero-order valence-electron chi connectivity index (χ0n) is 17.1. The van der Waals surface area contributed by atoms with Crippen molar-refractivity contribution in [2.75, 3.05) is 6.26 Å². The second kappa shape index (κ2) is 7.90. The minimum Gasteiger partial charge on any atom is -0.380 e. The maximum Gasteiger partial charge on any atom is 0.417 e. The summed E-state index contributed by atoms with van der Waals surface area (Å²) in [5, 5.41) is 10.6. The SMILES string of the molecule is CC(C)(C[C@@](O)(Cc1cc2nc(S(C)(=O)=O)ccc2[nH]1)C(F)(F)F)c1cccc(Br)c1. The molecular formula is C21H22BrF3N2O3S. The summed E-state index contributed by atoms with van der Waals surface area (Å²) in [6, 6.07) is 11.0. The maximum atomic E-state index is 14.0. The molecule has 0 aliphatic rings. The third-order valence-corrected chi connectivity index (χ3v) is 6.72. The molecule has 0 spiro atoms. The van der Waals surface area contributed by atoms with Crippen LogP contribution in [0.3, 0.4) is 0 Å². The fourth-order valence-electron chi connectivity index (χ4n) is 3.67. The van der Waals surface area contributed by atoms with Crippen molar-refractivity contribution in [3.63, 3.8) is 0 Å². The molecule has 3 aromatic rings. The molecule has 2 N–H and O–H groups in total. The van der Waals surface area contributed by atoms with E-state index in [0.29, 0.717) is 11.1 Å². The molecule has 0 amide bonds.